The van der Waals surface area contributed by atoms with Crippen molar-refractivity contribution in [3.63, 3.8) is 0 Å². The van der Waals surface area contributed by atoms with Gasteiger partial charge in [0.1, 0.15) is 5.75 Å². The molecule has 1 aromatic carbocycles. The van der Waals surface area contributed by atoms with Crippen LogP contribution in [0, 0.1) is 0 Å². The largest absolute Gasteiger partial charge is 0.481 e. The number of rotatable bonds is 4. The lowest BCUT2D eigenvalue weighted by Gasteiger charge is -2.06. The van der Waals surface area contributed by atoms with Crippen LogP contribution >= 0.6 is 11.6 Å². The van der Waals surface area contributed by atoms with Gasteiger partial charge in [-0.1, -0.05) is 11.6 Å². The van der Waals surface area contributed by atoms with Gasteiger partial charge in [0, 0.05) is 12.3 Å². The van der Waals surface area contributed by atoms with Gasteiger partial charge in [-0.05, 0) is 18.2 Å². The zero-order valence-electron chi connectivity index (χ0n) is 9.83. The predicted molar refractivity (Wildman–Crippen MR) is 67.1 cm³/mol. The van der Waals surface area contributed by atoms with E-state index in [-0.39, 0.29) is 22.3 Å². The molecule has 98 valence electrons. The normalized spacial score (nSPS) is 10.0. The van der Waals surface area contributed by atoms with E-state index in [1.165, 1.54) is 31.5 Å². The first-order valence-corrected chi connectivity index (χ1v) is 5.55. The summed E-state index contributed by atoms with van der Waals surface area (Å²) in [6, 6.07) is 5.88. The number of aromatic nitrogens is 2. The number of carboxylic acid groups (broad SMARTS) is 1. The van der Waals surface area contributed by atoms with Crippen molar-refractivity contribution in [2.75, 3.05) is 7.11 Å². The Morgan fingerprint density at radius 3 is 2.84 bits per heavy atom. The van der Waals surface area contributed by atoms with E-state index >= 15 is 0 Å². The van der Waals surface area contributed by atoms with Crippen LogP contribution in [-0.2, 0) is 0 Å². The molecule has 1 N–H and O–H groups in total. The quantitative estimate of drug-likeness (QED) is 0.927. The number of aromatic carboxylic acids is 1. The summed E-state index contributed by atoms with van der Waals surface area (Å²) in [5.41, 5.74) is -0.0536. The third-order valence-corrected chi connectivity index (χ3v) is 2.52. The Labute approximate surface area is 113 Å². The summed E-state index contributed by atoms with van der Waals surface area (Å²) in [5.74, 6) is -0.519. The van der Waals surface area contributed by atoms with Gasteiger partial charge in [0.05, 0.1) is 17.7 Å². The maximum atomic E-state index is 10.9. The maximum absolute atomic E-state index is 10.9. The molecule has 0 saturated heterocycles. The Morgan fingerprint density at radius 2 is 2.16 bits per heavy atom. The van der Waals surface area contributed by atoms with Crippen molar-refractivity contribution in [3.05, 3.63) is 41.0 Å². The fourth-order valence-electron chi connectivity index (χ4n) is 1.33. The fourth-order valence-corrected chi connectivity index (χ4v) is 1.52. The number of carboxylic acids is 1. The van der Waals surface area contributed by atoms with Crippen molar-refractivity contribution < 1.29 is 19.4 Å². The number of halogens is 1. The first-order valence-electron chi connectivity index (χ1n) is 5.18. The molecule has 6 nitrogen and oxygen atoms in total. The lowest BCUT2D eigenvalue weighted by molar-refractivity contribution is 0.0696. The van der Waals surface area contributed by atoms with Gasteiger partial charge >= 0.3 is 12.0 Å². The second-order valence-electron chi connectivity index (χ2n) is 3.43. The Kier molecular flexibility index (Phi) is 3.82. The summed E-state index contributed by atoms with van der Waals surface area (Å²) < 4.78 is 10.3. The molecule has 0 radical (unpaired) electrons. The molecular formula is C12H9ClN2O4. The van der Waals surface area contributed by atoms with E-state index in [0.717, 1.165) is 0 Å². The Hall–Kier alpha value is -2.34. The molecule has 0 saturated carbocycles. The highest BCUT2D eigenvalue weighted by atomic mass is 35.5. The Morgan fingerprint density at radius 1 is 1.37 bits per heavy atom. The summed E-state index contributed by atoms with van der Waals surface area (Å²) in [4.78, 5) is 18.8. The molecule has 0 fully saturated rings. The molecule has 0 aliphatic carbocycles. The van der Waals surface area contributed by atoms with Gasteiger partial charge in [0.15, 0.2) is 0 Å². The molecule has 0 unspecified atom stereocenters. The van der Waals surface area contributed by atoms with Crippen molar-refractivity contribution in [2.24, 2.45) is 0 Å². The SMILES string of the molecule is COc1ccnc(Oc2ccc(Cl)c(C(=O)O)c2)n1. The van der Waals surface area contributed by atoms with Gasteiger partial charge in [-0.2, -0.15) is 4.98 Å². The molecule has 7 heteroatoms. The number of hydrogen-bond donors (Lipinski definition) is 1. The monoisotopic (exact) mass is 280 g/mol. The first-order chi connectivity index (χ1) is 9.10. The smallest absolute Gasteiger partial charge is 0.337 e. The van der Waals surface area contributed by atoms with E-state index < -0.39 is 5.97 Å². The average molecular weight is 281 g/mol. The number of methoxy groups -OCH3 is 1. The van der Waals surface area contributed by atoms with E-state index in [4.69, 9.17) is 26.2 Å². The van der Waals surface area contributed by atoms with Crippen LogP contribution in [0.15, 0.2) is 30.5 Å². The highest BCUT2D eigenvalue weighted by molar-refractivity contribution is 6.33. The molecule has 1 aromatic heterocycles. The minimum Gasteiger partial charge on any atom is -0.481 e. The van der Waals surface area contributed by atoms with Crippen molar-refractivity contribution in [2.45, 2.75) is 0 Å². The lowest BCUT2D eigenvalue weighted by atomic mass is 10.2. The third kappa shape index (κ3) is 3.11. The molecule has 2 aromatic rings. The molecule has 0 amide bonds. The molecule has 0 aliphatic rings. The number of ether oxygens (including phenoxy) is 2. The maximum Gasteiger partial charge on any atom is 0.337 e. The van der Waals surface area contributed by atoms with E-state index in [1.807, 2.05) is 0 Å². The van der Waals surface area contributed by atoms with Gasteiger partial charge < -0.3 is 14.6 Å². The van der Waals surface area contributed by atoms with Crippen LogP contribution in [0.25, 0.3) is 0 Å². The van der Waals surface area contributed by atoms with E-state index in [1.54, 1.807) is 6.07 Å². The van der Waals surface area contributed by atoms with Gasteiger partial charge in [-0.15, -0.1) is 0 Å². The molecule has 2 rings (SSSR count). The standard InChI is InChI=1S/C12H9ClN2O4/c1-18-10-4-5-14-12(15-10)19-7-2-3-9(13)8(6-7)11(16)17/h2-6H,1H3,(H,16,17). The molecule has 0 aliphatic heterocycles. The Bertz CT molecular complexity index is 618. The van der Waals surface area contributed by atoms with Gasteiger partial charge in [-0.3, -0.25) is 0 Å². The molecule has 0 bridgehead atoms. The molecule has 0 atom stereocenters. The summed E-state index contributed by atoms with van der Waals surface area (Å²) in [6.07, 6.45) is 1.47. The van der Waals surface area contributed by atoms with Gasteiger partial charge in [-0.25, -0.2) is 9.78 Å². The second kappa shape index (κ2) is 5.53. The number of hydrogen-bond acceptors (Lipinski definition) is 5. The van der Waals surface area contributed by atoms with Gasteiger partial charge in [0.2, 0.25) is 5.88 Å². The van der Waals surface area contributed by atoms with E-state index in [0.29, 0.717) is 5.88 Å². The lowest BCUT2D eigenvalue weighted by Crippen LogP contribution is -1.99. The fraction of sp³-hybridized carbons (Fsp3) is 0.0833. The van der Waals surface area contributed by atoms with Gasteiger partial charge in [0.25, 0.3) is 0 Å². The molecule has 19 heavy (non-hydrogen) atoms. The molecule has 1 heterocycles. The van der Waals surface area contributed by atoms with Crippen LogP contribution in [0.4, 0.5) is 0 Å². The predicted octanol–water partition coefficient (Wildman–Crippen LogP) is 2.63. The topological polar surface area (TPSA) is 81.5 Å². The van der Waals surface area contributed by atoms with Crippen LogP contribution in [0.5, 0.6) is 17.6 Å². The van der Waals surface area contributed by atoms with Crippen LogP contribution in [0.1, 0.15) is 10.4 Å². The Balaban J connectivity index is 2.28. The zero-order chi connectivity index (χ0) is 13.8. The molecule has 0 spiro atoms. The number of carbonyl (C=O) groups is 1. The minimum absolute atomic E-state index is 0.0536. The number of benzene rings is 1. The van der Waals surface area contributed by atoms with Crippen LogP contribution in [0.2, 0.25) is 5.02 Å². The third-order valence-electron chi connectivity index (χ3n) is 2.19. The summed E-state index contributed by atoms with van der Waals surface area (Å²) >= 11 is 5.75. The summed E-state index contributed by atoms with van der Waals surface area (Å²) in [5, 5.41) is 9.08. The van der Waals surface area contributed by atoms with Crippen LogP contribution in [-0.4, -0.2) is 28.2 Å². The van der Waals surface area contributed by atoms with Crippen molar-refractivity contribution in [1.29, 1.82) is 0 Å². The average Bonchev–Trinajstić information content (AvgIpc) is 2.41. The second-order valence-corrected chi connectivity index (χ2v) is 3.84. The summed E-state index contributed by atoms with van der Waals surface area (Å²) in [7, 11) is 1.47. The van der Waals surface area contributed by atoms with Crippen molar-refractivity contribution in [1.82, 2.24) is 9.97 Å². The van der Waals surface area contributed by atoms with Crippen LogP contribution in [0.3, 0.4) is 0 Å². The highest BCUT2D eigenvalue weighted by Crippen LogP contribution is 2.25. The summed E-state index contributed by atoms with van der Waals surface area (Å²) in [6.45, 7) is 0. The zero-order valence-corrected chi connectivity index (χ0v) is 10.6. The van der Waals surface area contributed by atoms with E-state index in [9.17, 15) is 4.79 Å². The number of nitrogens with zero attached hydrogens (tertiary/aromatic N) is 2. The van der Waals surface area contributed by atoms with E-state index in [2.05, 4.69) is 9.97 Å². The molecular weight excluding hydrogens is 272 g/mol. The van der Waals surface area contributed by atoms with Crippen molar-refractivity contribution in [3.8, 4) is 17.6 Å². The van der Waals surface area contributed by atoms with Crippen molar-refractivity contribution >= 4 is 17.6 Å². The van der Waals surface area contributed by atoms with Crippen LogP contribution < -0.4 is 9.47 Å². The first kappa shape index (κ1) is 13.1. The minimum atomic E-state index is -1.14. The highest BCUT2D eigenvalue weighted by Gasteiger charge is 2.11.